The molecule has 0 N–H and O–H groups in total. The first-order valence-electron chi connectivity index (χ1n) is 3.92. The second-order valence-corrected chi connectivity index (χ2v) is 3.17. The van der Waals surface area contributed by atoms with Gasteiger partial charge in [-0.15, -0.1) is 0 Å². The smallest absolute Gasteiger partial charge is 0.288 e. The van der Waals surface area contributed by atoms with Gasteiger partial charge in [0.25, 0.3) is 5.69 Å². The summed E-state index contributed by atoms with van der Waals surface area (Å²) in [6.07, 6.45) is 0.437. The number of benzene rings is 1. The number of hydrogen-bond acceptors (Lipinski definition) is 4. The van der Waals surface area contributed by atoms with E-state index in [4.69, 9.17) is 11.6 Å². The number of carbonyl (C=O) groups is 2. The number of rotatable bonds is 3. The van der Waals surface area contributed by atoms with Crippen molar-refractivity contribution in [2.75, 3.05) is 0 Å². The Kier molecular flexibility index (Phi) is 3.16. The zero-order valence-corrected chi connectivity index (χ0v) is 8.45. The van der Waals surface area contributed by atoms with Crippen molar-refractivity contribution in [1.29, 1.82) is 0 Å². The van der Waals surface area contributed by atoms with Crippen molar-refractivity contribution in [2.24, 2.45) is 0 Å². The van der Waals surface area contributed by atoms with Gasteiger partial charge >= 0.3 is 0 Å². The molecular formula is C9H6ClNO4. The minimum absolute atomic E-state index is 0.0538. The fourth-order valence-corrected chi connectivity index (χ4v) is 1.55. The Morgan fingerprint density at radius 1 is 1.53 bits per heavy atom. The van der Waals surface area contributed by atoms with Crippen LogP contribution in [0.5, 0.6) is 0 Å². The first kappa shape index (κ1) is 11.3. The van der Waals surface area contributed by atoms with Gasteiger partial charge in [-0.05, 0) is 13.0 Å². The molecule has 1 rings (SSSR count). The highest BCUT2D eigenvalue weighted by atomic mass is 35.5. The maximum absolute atomic E-state index is 11.2. The SMILES string of the molecule is CC(=O)c1c(C=O)ccc([N+](=O)[O-])c1Cl. The van der Waals surface area contributed by atoms with Gasteiger partial charge in [-0.2, -0.15) is 0 Å². The molecule has 1 aromatic carbocycles. The number of hydrogen-bond donors (Lipinski definition) is 0. The molecule has 0 aliphatic rings. The van der Waals surface area contributed by atoms with Gasteiger partial charge in [0.15, 0.2) is 12.1 Å². The van der Waals surface area contributed by atoms with Crippen LogP contribution < -0.4 is 0 Å². The molecular weight excluding hydrogens is 222 g/mol. The van der Waals surface area contributed by atoms with Crippen molar-refractivity contribution in [2.45, 2.75) is 6.92 Å². The van der Waals surface area contributed by atoms with Crippen LogP contribution >= 0.6 is 11.6 Å². The van der Waals surface area contributed by atoms with E-state index in [2.05, 4.69) is 0 Å². The van der Waals surface area contributed by atoms with Crippen molar-refractivity contribution in [3.05, 3.63) is 38.4 Å². The lowest BCUT2D eigenvalue weighted by Gasteiger charge is -2.03. The number of nitrogens with zero attached hydrogens (tertiary/aromatic N) is 1. The van der Waals surface area contributed by atoms with E-state index in [0.717, 1.165) is 6.07 Å². The van der Waals surface area contributed by atoms with E-state index in [-0.39, 0.29) is 21.8 Å². The molecule has 1 aromatic rings. The number of nitro groups is 1. The largest absolute Gasteiger partial charge is 0.298 e. The molecule has 0 amide bonds. The summed E-state index contributed by atoms with van der Waals surface area (Å²) in [6.45, 7) is 1.19. The van der Waals surface area contributed by atoms with Gasteiger partial charge in [-0.1, -0.05) is 11.6 Å². The Hall–Kier alpha value is -1.75. The third-order valence-corrected chi connectivity index (χ3v) is 2.21. The maximum Gasteiger partial charge on any atom is 0.288 e. The van der Waals surface area contributed by atoms with Gasteiger partial charge in [-0.3, -0.25) is 19.7 Å². The maximum atomic E-state index is 11.2. The number of nitro benzene ring substituents is 1. The van der Waals surface area contributed by atoms with Gasteiger partial charge < -0.3 is 0 Å². The van der Waals surface area contributed by atoms with E-state index in [9.17, 15) is 19.7 Å². The fraction of sp³-hybridized carbons (Fsp3) is 0.111. The Morgan fingerprint density at radius 2 is 2.13 bits per heavy atom. The normalized spacial score (nSPS) is 9.73. The summed E-state index contributed by atoms with van der Waals surface area (Å²) < 4.78 is 0. The molecule has 78 valence electrons. The number of Topliss-reactive ketones (excluding diaryl/α,β-unsaturated/α-hetero) is 1. The minimum atomic E-state index is -0.705. The lowest BCUT2D eigenvalue weighted by Crippen LogP contribution is -2.02. The van der Waals surface area contributed by atoms with Crippen molar-refractivity contribution < 1.29 is 14.5 Å². The summed E-state index contributed by atoms with van der Waals surface area (Å²) in [6, 6.07) is 2.30. The molecule has 0 bridgehead atoms. The lowest BCUT2D eigenvalue weighted by molar-refractivity contribution is -0.384. The number of aldehydes is 1. The van der Waals surface area contributed by atoms with Gasteiger partial charge in [-0.25, -0.2) is 0 Å². The van der Waals surface area contributed by atoms with E-state index in [1.165, 1.54) is 13.0 Å². The topological polar surface area (TPSA) is 77.3 Å². The number of ketones is 1. The first-order valence-corrected chi connectivity index (χ1v) is 4.29. The molecule has 6 heteroatoms. The van der Waals surface area contributed by atoms with Crippen LogP contribution in [0.15, 0.2) is 12.1 Å². The second kappa shape index (κ2) is 4.18. The molecule has 5 nitrogen and oxygen atoms in total. The average molecular weight is 228 g/mol. The van der Waals surface area contributed by atoms with Crippen LogP contribution in [0, 0.1) is 10.1 Å². The van der Waals surface area contributed by atoms with Crippen LogP contribution in [0.3, 0.4) is 0 Å². The molecule has 0 saturated heterocycles. The van der Waals surface area contributed by atoms with Crippen molar-refractivity contribution >= 4 is 29.4 Å². The van der Waals surface area contributed by atoms with E-state index in [1.54, 1.807) is 0 Å². The van der Waals surface area contributed by atoms with Gasteiger partial charge in [0, 0.05) is 11.6 Å². The zero-order valence-electron chi connectivity index (χ0n) is 7.69. The molecule has 0 aliphatic heterocycles. The van der Waals surface area contributed by atoms with E-state index < -0.39 is 10.7 Å². The molecule has 0 atom stereocenters. The van der Waals surface area contributed by atoms with Gasteiger partial charge in [0.1, 0.15) is 5.02 Å². The van der Waals surface area contributed by atoms with Crippen molar-refractivity contribution in [1.82, 2.24) is 0 Å². The summed E-state index contributed by atoms with van der Waals surface area (Å²) in [5.41, 5.74) is -0.438. The zero-order chi connectivity index (χ0) is 11.6. The quantitative estimate of drug-likeness (QED) is 0.343. The molecule has 0 saturated carbocycles. The Morgan fingerprint density at radius 3 is 2.53 bits per heavy atom. The van der Waals surface area contributed by atoms with Gasteiger partial charge in [0.05, 0.1) is 10.5 Å². The third kappa shape index (κ3) is 2.02. The predicted octanol–water partition coefficient (Wildman–Crippen LogP) is 2.26. The standard InChI is InChI=1S/C9H6ClNO4/c1-5(13)8-6(4-12)2-3-7(9(8)10)11(14)15/h2-4H,1H3. The van der Waals surface area contributed by atoms with Crippen LogP contribution in [0.2, 0.25) is 5.02 Å². The van der Waals surface area contributed by atoms with E-state index in [0.29, 0.717) is 6.29 Å². The van der Waals surface area contributed by atoms with Crippen LogP contribution in [-0.2, 0) is 0 Å². The highest BCUT2D eigenvalue weighted by molar-refractivity contribution is 6.36. The van der Waals surface area contributed by atoms with Crippen LogP contribution in [0.4, 0.5) is 5.69 Å². The molecule has 0 fully saturated rings. The lowest BCUT2D eigenvalue weighted by atomic mass is 10.0. The molecule has 0 spiro atoms. The monoisotopic (exact) mass is 227 g/mol. The highest BCUT2D eigenvalue weighted by Gasteiger charge is 2.21. The Labute approximate surface area is 89.8 Å². The molecule has 0 radical (unpaired) electrons. The van der Waals surface area contributed by atoms with Crippen molar-refractivity contribution in [3.8, 4) is 0 Å². The molecule has 15 heavy (non-hydrogen) atoms. The molecule has 0 heterocycles. The van der Waals surface area contributed by atoms with Crippen LogP contribution in [0.25, 0.3) is 0 Å². The summed E-state index contributed by atoms with van der Waals surface area (Å²) in [5.74, 6) is -0.481. The minimum Gasteiger partial charge on any atom is -0.298 e. The third-order valence-electron chi connectivity index (χ3n) is 1.83. The Balaban J connectivity index is 3.56. The second-order valence-electron chi connectivity index (χ2n) is 2.79. The highest BCUT2D eigenvalue weighted by Crippen LogP contribution is 2.30. The summed E-state index contributed by atoms with van der Waals surface area (Å²) in [7, 11) is 0. The molecule has 0 unspecified atom stereocenters. The number of halogens is 1. The summed E-state index contributed by atoms with van der Waals surface area (Å²) in [5, 5.41) is 10.2. The molecule has 0 aliphatic carbocycles. The predicted molar refractivity (Wildman–Crippen MR) is 53.5 cm³/mol. The summed E-state index contributed by atoms with van der Waals surface area (Å²) >= 11 is 5.66. The van der Waals surface area contributed by atoms with Gasteiger partial charge in [0.2, 0.25) is 0 Å². The van der Waals surface area contributed by atoms with E-state index >= 15 is 0 Å². The summed E-state index contributed by atoms with van der Waals surface area (Å²) in [4.78, 5) is 31.6. The van der Waals surface area contributed by atoms with Crippen LogP contribution in [0.1, 0.15) is 27.6 Å². The van der Waals surface area contributed by atoms with Crippen molar-refractivity contribution in [3.63, 3.8) is 0 Å². The van der Waals surface area contributed by atoms with Crippen LogP contribution in [-0.4, -0.2) is 17.0 Å². The Bertz CT molecular complexity index is 456. The number of carbonyl (C=O) groups excluding carboxylic acids is 2. The van der Waals surface area contributed by atoms with E-state index in [1.807, 2.05) is 0 Å². The first-order chi connectivity index (χ1) is 6.99. The fourth-order valence-electron chi connectivity index (χ4n) is 1.18. The molecule has 0 aromatic heterocycles. The average Bonchev–Trinajstić information content (AvgIpc) is 2.15.